The number of hydrogen-bond acceptors (Lipinski definition) is 3. The number of benzene rings is 2. The van der Waals surface area contributed by atoms with Crippen molar-refractivity contribution in [1.82, 2.24) is 4.72 Å². The first kappa shape index (κ1) is 20.1. The van der Waals surface area contributed by atoms with Crippen molar-refractivity contribution in [3.63, 3.8) is 0 Å². The van der Waals surface area contributed by atoms with Gasteiger partial charge in [0.2, 0.25) is 10.0 Å². The van der Waals surface area contributed by atoms with E-state index >= 15 is 0 Å². The van der Waals surface area contributed by atoms with Gasteiger partial charge in [0.25, 0.3) is 5.91 Å². The van der Waals surface area contributed by atoms with Gasteiger partial charge in [-0.2, -0.15) is 0 Å². The van der Waals surface area contributed by atoms with E-state index in [1.807, 2.05) is 45.9 Å². The summed E-state index contributed by atoms with van der Waals surface area (Å²) in [6.45, 7) is 8.28. The number of para-hydroxylation sites is 1. The van der Waals surface area contributed by atoms with Crippen LogP contribution in [-0.2, 0) is 10.0 Å². The lowest BCUT2D eigenvalue weighted by atomic mass is 10.1. The third-order valence-corrected chi connectivity index (χ3v) is 5.60. The number of sulfonamides is 1. The molecule has 140 valence electrons. The first-order valence-corrected chi connectivity index (χ1v) is 10.2. The van der Waals surface area contributed by atoms with Crippen molar-refractivity contribution < 1.29 is 13.2 Å². The highest BCUT2D eigenvalue weighted by Gasteiger charge is 2.17. The summed E-state index contributed by atoms with van der Waals surface area (Å²) in [5.74, 6) is 0.0776. The maximum Gasteiger partial charge on any atom is 0.255 e. The fourth-order valence-electron chi connectivity index (χ4n) is 2.57. The number of amides is 1. The van der Waals surface area contributed by atoms with Crippen molar-refractivity contribution in [1.29, 1.82) is 0 Å². The lowest BCUT2D eigenvalue weighted by molar-refractivity contribution is 0.102. The summed E-state index contributed by atoms with van der Waals surface area (Å²) in [7, 11) is -3.63. The fraction of sp³-hybridized carbons (Fsp3) is 0.350. The molecule has 2 aromatic rings. The van der Waals surface area contributed by atoms with Crippen LogP contribution < -0.4 is 10.0 Å². The molecular weight excluding hydrogens is 348 g/mol. The van der Waals surface area contributed by atoms with Gasteiger partial charge in [-0.3, -0.25) is 4.79 Å². The summed E-state index contributed by atoms with van der Waals surface area (Å²) in [5.41, 5.74) is 2.97. The molecule has 0 saturated heterocycles. The van der Waals surface area contributed by atoms with Gasteiger partial charge in [0.05, 0.1) is 4.90 Å². The van der Waals surface area contributed by atoms with Crippen LogP contribution in [0.4, 0.5) is 5.69 Å². The van der Waals surface area contributed by atoms with Gasteiger partial charge in [-0.25, -0.2) is 13.1 Å². The number of carbonyl (C=O) groups excluding carboxylic acids is 1. The molecule has 0 saturated carbocycles. The monoisotopic (exact) mass is 374 g/mol. The average Bonchev–Trinajstić information content (AvgIpc) is 2.57. The number of nitrogens with one attached hydrogen (secondary N) is 2. The smallest absolute Gasteiger partial charge is 0.255 e. The quantitative estimate of drug-likeness (QED) is 0.772. The molecule has 0 radical (unpaired) electrons. The molecule has 0 fully saturated rings. The van der Waals surface area contributed by atoms with Crippen molar-refractivity contribution in [3.8, 4) is 0 Å². The number of rotatable bonds is 7. The van der Waals surface area contributed by atoms with E-state index in [1.165, 1.54) is 12.1 Å². The van der Waals surface area contributed by atoms with Gasteiger partial charge in [-0.1, -0.05) is 38.1 Å². The Morgan fingerprint density at radius 3 is 2.27 bits per heavy atom. The SMILES string of the molecule is Cc1cccc(C)c1NC(=O)c1cccc(S(=O)(=O)NCCC(C)C)c1. The fourth-order valence-corrected chi connectivity index (χ4v) is 3.66. The molecule has 0 unspecified atom stereocenters. The molecule has 0 aliphatic carbocycles. The van der Waals surface area contributed by atoms with Crippen molar-refractivity contribution in [2.75, 3.05) is 11.9 Å². The molecule has 2 N–H and O–H groups in total. The first-order chi connectivity index (χ1) is 12.2. The number of aryl methyl sites for hydroxylation is 2. The Hall–Kier alpha value is -2.18. The van der Waals surface area contributed by atoms with Gasteiger partial charge in [0, 0.05) is 17.8 Å². The normalized spacial score (nSPS) is 11.6. The van der Waals surface area contributed by atoms with Crippen LogP contribution in [-0.4, -0.2) is 20.9 Å². The third-order valence-electron chi connectivity index (χ3n) is 4.14. The van der Waals surface area contributed by atoms with Crippen LogP contribution in [0.2, 0.25) is 0 Å². The van der Waals surface area contributed by atoms with E-state index in [-0.39, 0.29) is 10.8 Å². The zero-order chi connectivity index (χ0) is 19.3. The Bertz CT molecular complexity index is 869. The molecule has 1 amide bonds. The van der Waals surface area contributed by atoms with Gasteiger partial charge < -0.3 is 5.32 Å². The third kappa shape index (κ3) is 5.16. The average molecular weight is 375 g/mol. The Labute approximate surface area is 155 Å². The van der Waals surface area contributed by atoms with Crippen LogP contribution in [0.5, 0.6) is 0 Å². The summed E-state index contributed by atoms with van der Waals surface area (Å²) >= 11 is 0. The van der Waals surface area contributed by atoms with Crippen molar-refractivity contribution in [3.05, 3.63) is 59.2 Å². The molecule has 0 spiro atoms. The summed E-state index contributed by atoms with van der Waals surface area (Å²) < 4.78 is 27.4. The van der Waals surface area contributed by atoms with Gasteiger partial charge in [-0.15, -0.1) is 0 Å². The second-order valence-electron chi connectivity index (χ2n) is 6.83. The number of carbonyl (C=O) groups is 1. The highest BCUT2D eigenvalue weighted by Crippen LogP contribution is 2.21. The lowest BCUT2D eigenvalue weighted by Crippen LogP contribution is -2.26. The summed E-state index contributed by atoms with van der Waals surface area (Å²) in [4.78, 5) is 12.7. The van der Waals surface area contributed by atoms with Crippen LogP contribution >= 0.6 is 0 Å². The molecule has 26 heavy (non-hydrogen) atoms. The molecular formula is C20H26N2O3S. The predicted molar refractivity (Wildman–Crippen MR) is 105 cm³/mol. The molecule has 6 heteroatoms. The highest BCUT2D eigenvalue weighted by atomic mass is 32.2. The van der Waals surface area contributed by atoms with Crippen LogP contribution in [0.15, 0.2) is 47.4 Å². The molecule has 0 aliphatic rings. The van der Waals surface area contributed by atoms with Gasteiger partial charge in [-0.05, 0) is 55.5 Å². The molecule has 0 bridgehead atoms. The Balaban J connectivity index is 2.19. The number of anilines is 1. The van der Waals surface area contributed by atoms with Gasteiger partial charge >= 0.3 is 0 Å². The van der Waals surface area contributed by atoms with Gasteiger partial charge in [0.15, 0.2) is 0 Å². The second-order valence-corrected chi connectivity index (χ2v) is 8.60. The van der Waals surface area contributed by atoms with E-state index in [4.69, 9.17) is 0 Å². The van der Waals surface area contributed by atoms with Crippen molar-refractivity contribution in [2.45, 2.75) is 39.0 Å². The Morgan fingerprint density at radius 2 is 1.65 bits per heavy atom. The maximum atomic E-state index is 12.6. The molecule has 0 heterocycles. The zero-order valence-corrected chi connectivity index (χ0v) is 16.5. The second kappa shape index (κ2) is 8.47. The lowest BCUT2D eigenvalue weighted by Gasteiger charge is -2.12. The Morgan fingerprint density at radius 1 is 1.04 bits per heavy atom. The zero-order valence-electron chi connectivity index (χ0n) is 15.7. The van der Waals surface area contributed by atoms with Crippen molar-refractivity contribution in [2.24, 2.45) is 5.92 Å². The first-order valence-electron chi connectivity index (χ1n) is 8.68. The molecule has 2 aromatic carbocycles. The molecule has 2 rings (SSSR count). The van der Waals surface area contributed by atoms with E-state index < -0.39 is 10.0 Å². The minimum absolute atomic E-state index is 0.0930. The topological polar surface area (TPSA) is 75.3 Å². The maximum absolute atomic E-state index is 12.6. The minimum Gasteiger partial charge on any atom is -0.322 e. The minimum atomic E-state index is -3.63. The summed E-state index contributed by atoms with van der Waals surface area (Å²) in [6.07, 6.45) is 0.756. The summed E-state index contributed by atoms with van der Waals surface area (Å²) in [6, 6.07) is 11.8. The van der Waals surface area contributed by atoms with Crippen LogP contribution in [0, 0.1) is 19.8 Å². The highest BCUT2D eigenvalue weighted by molar-refractivity contribution is 7.89. The van der Waals surface area contributed by atoms with Gasteiger partial charge in [0.1, 0.15) is 0 Å². The summed E-state index contributed by atoms with van der Waals surface area (Å²) in [5, 5.41) is 2.88. The van der Waals surface area contributed by atoms with E-state index in [1.54, 1.807) is 12.1 Å². The number of hydrogen-bond donors (Lipinski definition) is 2. The van der Waals surface area contributed by atoms with Crippen LogP contribution in [0.3, 0.4) is 0 Å². The predicted octanol–water partition coefficient (Wildman–Crippen LogP) is 3.88. The largest absolute Gasteiger partial charge is 0.322 e. The molecule has 0 aromatic heterocycles. The molecule has 0 aliphatic heterocycles. The standard InChI is InChI=1S/C20H26N2O3S/c1-14(2)11-12-21-26(24,25)18-10-6-9-17(13-18)20(23)22-19-15(3)7-5-8-16(19)4/h5-10,13-14,21H,11-12H2,1-4H3,(H,22,23). The Kier molecular flexibility index (Phi) is 6.56. The van der Waals surface area contributed by atoms with Crippen LogP contribution in [0.25, 0.3) is 0 Å². The molecule has 0 atom stereocenters. The van der Waals surface area contributed by atoms with E-state index in [2.05, 4.69) is 10.0 Å². The van der Waals surface area contributed by atoms with Crippen molar-refractivity contribution >= 4 is 21.6 Å². The van der Waals surface area contributed by atoms with E-state index in [9.17, 15) is 13.2 Å². The van der Waals surface area contributed by atoms with Crippen LogP contribution in [0.1, 0.15) is 41.8 Å². The van der Waals surface area contributed by atoms with E-state index in [0.29, 0.717) is 18.0 Å². The van der Waals surface area contributed by atoms with E-state index in [0.717, 1.165) is 23.2 Å². The molecule has 5 nitrogen and oxygen atoms in total.